The number of ether oxygens (including phenoxy) is 2. The lowest BCUT2D eigenvalue weighted by molar-refractivity contribution is 0.257. The molecule has 1 atom stereocenters. The molecule has 0 amide bonds. The summed E-state index contributed by atoms with van der Waals surface area (Å²) < 4.78 is 11.2. The second-order valence-electron chi connectivity index (χ2n) is 6.86. The number of H-pyrrole nitrogens is 2. The molecule has 28 heavy (non-hydrogen) atoms. The second-order valence-corrected chi connectivity index (χ2v) is 6.86. The average molecular weight is 374 g/mol. The van der Waals surface area contributed by atoms with E-state index in [0.717, 1.165) is 34.6 Å². The van der Waals surface area contributed by atoms with Gasteiger partial charge in [0.15, 0.2) is 0 Å². The molecule has 0 saturated carbocycles. The molecule has 7 nitrogen and oxygen atoms in total. The summed E-state index contributed by atoms with van der Waals surface area (Å²) in [6.45, 7) is 0.467. The second kappa shape index (κ2) is 6.53. The monoisotopic (exact) mass is 374 g/mol. The number of hydrogen-bond acceptors (Lipinski definition) is 5. The molecule has 0 bridgehead atoms. The quantitative estimate of drug-likeness (QED) is 0.575. The number of nitrogens with zero attached hydrogens (tertiary/aromatic N) is 2. The van der Waals surface area contributed by atoms with Gasteiger partial charge in [-0.2, -0.15) is 5.10 Å². The SMILES string of the molecule is COc1ccc2c(c1)CC(c1nc3cc(-c4cn[nH]c4)ccc3c(=O)[nH]1)CO2. The van der Waals surface area contributed by atoms with Crippen LogP contribution in [0, 0.1) is 0 Å². The van der Waals surface area contributed by atoms with Crippen molar-refractivity contribution in [3.05, 3.63) is 70.5 Å². The third-order valence-electron chi connectivity index (χ3n) is 5.12. The lowest BCUT2D eigenvalue weighted by atomic mass is 9.95. The molecule has 1 aliphatic rings. The van der Waals surface area contributed by atoms with Crippen molar-refractivity contribution in [3.63, 3.8) is 0 Å². The Labute approximate surface area is 160 Å². The third kappa shape index (κ3) is 2.81. The molecule has 2 N–H and O–H groups in total. The molecule has 1 aliphatic heterocycles. The van der Waals surface area contributed by atoms with Crippen molar-refractivity contribution in [2.75, 3.05) is 13.7 Å². The predicted octanol–water partition coefficient (Wildman–Crippen LogP) is 3.04. The van der Waals surface area contributed by atoms with Gasteiger partial charge in [-0.15, -0.1) is 0 Å². The Hall–Kier alpha value is -3.61. The average Bonchev–Trinajstić information content (AvgIpc) is 3.27. The fraction of sp³-hybridized carbons (Fsp3) is 0.190. The van der Waals surface area contributed by atoms with Gasteiger partial charge < -0.3 is 14.5 Å². The fourth-order valence-corrected chi connectivity index (χ4v) is 3.61. The molecule has 0 spiro atoms. The maximum Gasteiger partial charge on any atom is 0.258 e. The first-order chi connectivity index (χ1) is 13.7. The van der Waals surface area contributed by atoms with Crippen LogP contribution in [0.5, 0.6) is 11.5 Å². The summed E-state index contributed by atoms with van der Waals surface area (Å²) >= 11 is 0. The van der Waals surface area contributed by atoms with Gasteiger partial charge in [0.25, 0.3) is 5.56 Å². The smallest absolute Gasteiger partial charge is 0.258 e. The minimum Gasteiger partial charge on any atom is -0.497 e. The molecule has 7 heteroatoms. The van der Waals surface area contributed by atoms with Crippen LogP contribution in [0.2, 0.25) is 0 Å². The third-order valence-corrected chi connectivity index (χ3v) is 5.12. The van der Waals surface area contributed by atoms with Crippen molar-refractivity contribution < 1.29 is 9.47 Å². The van der Waals surface area contributed by atoms with Crippen molar-refractivity contribution in [2.24, 2.45) is 0 Å². The van der Waals surface area contributed by atoms with Crippen LogP contribution in [0.4, 0.5) is 0 Å². The zero-order valence-corrected chi connectivity index (χ0v) is 15.2. The van der Waals surface area contributed by atoms with Crippen LogP contribution in [-0.4, -0.2) is 33.9 Å². The first-order valence-corrected chi connectivity index (χ1v) is 9.04. The van der Waals surface area contributed by atoms with Crippen molar-refractivity contribution in [3.8, 4) is 22.6 Å². The van der Waals surface area contributed by atoms with Crippen LogP contribution >= 0.6 is 0 Å². The molecule has 4 aromatic rings. The summed E-state index contributed by atoms with van der Waals surface area (Å²) in [4.78, 5) is 20.3. The first-order valence-electron chi connectivity index (χ1n) is 9.04. The molecule has 0 fully saturated rings. The van der Waals surface area contributed by atoms with E-state index >= 15 is 0 Å². The molecule has 0 radical (unpaired) electrons. The summed E-state index contributed by atoms with van der Waals surface area (Å²) in [6, 6.07) is 11.4. The number of nitrogens with one attached hydrogen (secondary N) is 2. The number of aromatic nitrogens is 4. The van der Waals surface area contributed by atoms with Gasteiger partial charge in [0.1, 0.15) is 17.3 Å². The Morgan fingerprint density at radius 2 is 2.11 bits per heavy atom. The lowest BCUT2D eigenvalue weighted by Gasteiger charge is -2.25. The van der Waals surface area contributed by atoms with Gasteiger partial charge in [-0.05, 0) is 47.9 Å². The molecule has 3 heterocycles. The predicted molar refractivity (Wildman–Crippen MR) is 105 cm³/mol. The summed E-state index contributed by atoms with van der Waals surface area (Å²) in [7, 11) is 1.64. The van der Waals surface area contributed by atoms with Crippen LogP contribution in [0.1, 0.15) is 17.3 Å². The van der Waals surface area contributed by atoms with Crippen molar-refractivity contribution >= 4 is 10.9 Å². The van der Waals surface area contributed by atoms with Crippen LogP contribution in [0.25, 0.3) is 22.0 Å². The molecule has 0 aliphatic carbocycles. The summed E-state index contributed by atoms with van der Waals surface area (Å²) in [5.74, 6) is 2.24. The molecule has 2 aromatic carbocycles. The van der Waals surface area contributed by atoms with Crippen LogP contribution in [-0.2, 0) is 6.42 Å². The zero-order valence-electron chi connectivity index (χ0n) is 15.2. The minimum absolute atomic E-state index is 0.0331. The van der Waals surface area contributed by atoms with E-state index in [4.69, 9.17) is 14.5 Å². The van der Waals surface area contributed by atoms with Crippen LogP contribution in [0.3, 0.4) is 0 Å². The molecule has 5 rings (SSSR count). The number of aromatic amines is 2. The molecule has 2 aromatic heterocycles. The summed E-state index contributed by atoms with van der Waals surface area (Å²) in [5.41, 5.74) is 3.47. The van der Waals surface area contributed by atoms with Gasteiger partial charge in [0.05, 0.1) is 36.7 Å². The van der Waals surface area contributed by atoms with E-state index < -0.39 is 0 Å². The maximum atomic E-state index is 12.6. The van der Waals surface area contributed by atoms with Crippen LogP contribution in [0.15, 0.2) is 53.6 Å². The fourth-order valence-electron chi connectivity index (χ4n) is 3.61. The molecule has 140 valence electrons. The van der Waals surface area contributed by atoms with Crippen molar-refractivity contribution in [1.29, 1.82) is 0 Å². The Balaban J connectivity index is 1.54. The number of benzene rings is 2. The Bertz CT molecular complexity index is 1210. The topological polar surface area (TPSA) is 92.9 Å². The zero-order chi connectivity index (χ0) is 19.1. The number of rotatable bonds is 3. The van der Waals surface area contributed by atoms with E-state index in [0.29, 0.717) is 23.3 Å². The number of hydrogen-bond donors (Lipinski definition) is 2. The number of methoxy groups -OCH3 is 1. The van der Waals surface area contributed by atoms with Gasteiger partial charge in [0, 0.05) is 11.8 Å². The van der Waals surface area contributed by atoms with E-state index in [9.17, 15) is 4.79 Å². The minimum atomic E-state index is -0.143. The van der Waals surface area contributed by atoms with E-state index in [2.05, 4.69) is 15.2 Å². The standard InChI is InChI=1S/C21H18N4O3/c1-27-16-3-5-19-13(7-16)6-14(11-28-19)20-24-18-8-12(15-9-22-23-10-15)2-4-17(18)21(26)25-20/h2-5,7-10,14H,6,11H2,1H3,(H,22,23)(H,24,25,26). The highest BCUT2D eigenvalue weighted by Gasteiger charge is 2.24. The van der Waals surface area contributed by atoms with Gasteiger partial charge in [-0.1, -0.05) is 6.07 Å². The van der Waals surface area contributed by atoms with Gasteiger partial charge in [-0.25, -0.2) is 4.98 Å². The largest absolute Gasteiger partial charge is 0.497 e. The van der Waals surface area contributed by atoms with Crippen molar-refractivity contribution in [1.82, 2.24) is 20.2 Å². The first kappa shape index (κ1) is 16.6. The number of fused-ring (bicyclic) bond motifs is 2. The molecule has 1 unspecified atom stereocenters. The highest BCUT2D eigenvalue weighted by atomic mass is 16.5. The normalized spacial score (nSPS) is 15.8. The van der Waals surface area contributed by atoms with E-state index in [1.54, 1.807) is 19.4 Å². The lowest BCUT2D eigenvalue weighted by Crippen LogP contribution is -2.24. The maximum absolute atomic E-state index is 12.6. The summed E-state index contributed by atoms with van der Waals surface area (Å²) in [6.07, 6.45) is 4.28. The molecular formula is C21H18N4O3. The molecular weight excluding hydrogens is 356 g/mol. The van der Waals surface area contributed by atoms with E-state index in [1.165, 1.54) is 0 Å². The molecule has 0 saturated heterocycles. The Kier molecular flexibility index (Phi) is 3.86. The highest BCUT2D eigenvalue weighted by Crippen LogP contribution is 2.34. The van der Waals surface area contributed by atoms with E-state index in [-0.39, 0.29) is 11.5 Å². The summed E-state index contributed by atoms with van der Waals surface area (Å²) in [5, 5.41) is 7.35. The van der Waals surface area contributed by atoms with E-state index in [1.807, 2.05) is 36.5 Å². The van der Waals surface area contributed by atoms with Gasteiger partial charge >= 0.3 is 0 Å². The van der Waals surface area contributed by atoms with Crippen molar-refractivity contribution in [2.45, 2.75) is 12.3 Å². The van der Waals surface area contributed by atoms with Crippen LogP contribution < -0.4 is 15.0 Å². The Morgan fingerprint density at radius 3 is 2.93 bits per heavy atom. The highest BCUT2D eigenvalue weighted by molar-refractivity contribution is 5.83. The van der Waals surface area contributed by atoms with Gasteiger partial charge in [-0.3, -0.25) is 9.89 Å². The Morgan fingerprint density at radius 1 is 1.18 bits per heavy atom. The van der Waals surface area contributed by atoms with Gasteiger partial charge in [0.2, 0.25) is 0 Å².